The van der Waals surface area contributed by atoms with E-state index in [-0.39, 0.29) is 52.5 Å². The number of hydrogen-bond acceptors (Lipinski definition) is 5. The third-order valence-corrected chi connectivity index (χ3v) is 11.0. The largest absolute Gasteiger partial charge is 0.457 e. The molecule has 11 unspecified atom stereocenters. The van der Waals surface area contributed by atoms with Gasteiger partial charge in [-0.3, -0.25) is 14.5 Å². The van der Waals surface area contributed by atoms with Gasteiger partial charge in [-0.15, -0.1) is 0 Å². The zero-order valence-corrected chi connectivity index (χ0v) is 17.6. The van der Waals surface area contributed by atoms with E-state index in [4.69, 9.17) is 9.47 Å². The van der Waals surface area contributed by atoms with E-state index >= 15 is 0 Å². The van der Waals surface area contributed by atoms with Crippen molar-refractivity contribution in [1.82, 2.24) is 4.90 Å². The molecule has 5 aliphatic carbocycles. The van der Waals surface area contributed by atoms with Crippen LogP contribution >= 0.6 is 0 Å². The minimum atomic E-state index is -0.295. The molecule has 11 atom stereocenters. The standard InChI is InChI=1S/C24H31NO4/c1-5-25-19-14-8-16-22(4)7-6-18(29-21(22)25)24(16,19)17-9-15(27)13-10-23(14,17)20(11(13)2)28-12(3)26/h13-14,16-21H,2,5-10H2,1,3-4H3. The second-order valence-electron chi connectivity index (χ2n) is 11.3. The summed E-state index contributed by atoms with van der Waals surface area (Å²) in [4.78, 5) is 28.0. The molecule has 9 rings (SSSR count). The molecule has 2 spiro atoms. The molecule has 5 saturated carbocycles. The molecule has 156 valence electrons. The zero-order chi connectivity index (χ0) is 20.1. The lowest BCUT2D eigenvalue weighted by molar-refractivity contribution is -0.370. The topological polar surface area (TPSA) is 55.8 Å². The summed E-state index contributed by atoms with van der Waals surface area (Å²) < 4.78 is 12.8. The molecule has 9 bridgehead atoms. The predicted molar refractivity (Wildman–Crippen MR) is 105 cm³/mol. The van der Waals surface area contributed by atoms with Gasteiger partial charge in [-0.05, 0) is 55.6 Å². The van der Waals surface area contributed by atoms with Gasteiger partial charge in [0.2, 0.25) is 0 Å². The minimum Gasteiger partial charge on any atom is -0.457 e. The fourth-order valence-electron chi connectivity index (χ4n) is 10.6. The number of ether oxygens (including phenoxy) is 2. The number of hydrogen-bond donors (Lipinski definition) is 0. The molecule has 4 saturated heterocycles. The van der Waals surface area contributed by atoms with Gasteiger partial charge in [-0.1, -0.05) is 20.4 Å². The maximum Gasteiger partial charge on any atom is 0.303 e. The summed E-state index contributed by atoms with van der Waals surface area (Å²) in [6, 6.07) is 0.468. The Bertz CT molecular complexity index is 884. The summed E-state index contributed by atoms with van der Waals surface area (Å²) in [6.45, 7) is 11.5. The van der Waals surface area contributed by atoms with Gasteiger partial charge in [0.15, 0.2) is 0 Å². The van der Waals surface area contributed by atoms with Gasteiger partial charge in [0.1, 0.15) is 18.1 Å². The number of carbonyl (C=O) groups is 2. The normalized spacial score (nSPS) is 60.8. The Kier molecular flexibility index (Phi) is 2.91. The van der Waals surface area contributed by atoms with Crippen LogP contribution in [0.5, 0.6) is 0 Å². The van der Waals surface area contributed by atoms with Crippen LogP contribution < -0.4 is 0 Å². The van der Waals surface area contributed by atoms with Crippen LogP contribution in [0.4, 0.5) is 0 Å². The fraction of sp³-hybridized carbons (Fsp3) is 0.833. The number of fused-ring (bicyclic) bond motifs is 2. The third-order valence-electron chi connectivity index (χ3n) is 11.0. The Morgan fingerprint density at radius 3 is 2.90 bits per heavy atom. The highest BCUT2D eigenvalue weighted by atomic mass is 16.5. The first-order valence-corrected chi connectivity index (χ1v) is 11.6. The maximum absolute atomic E-state index is 13.3. The number of ketones is 1. The number of nitrogens with zero attached hydrogens (tertiary/aromatic N) is 1. The molecule has 4 aliphatic heterocycles. The molecule has 29 heavy (non-hydrogen) atoms. The van der Waals surface area contributed by atoms with Crippen molar-refractivity contribution in [1.29, 1.82) is 0 Å². The van der Waals surface area contributed by atoms with E-state index in [1.54, 1.807) is 0 Å². The van der Waals surface area contributed by atoms with Gasteiger partial charge in [0, 0.05) is 41.5 Å². The van der Waals surface area contributed by atoms with Crippen LogP contribution in [0, 0.1) is 39.9 Å². The predicted octanol–water partition coefficient (Wildman–Crippen LogP) is 2.93. The first-order valence-electron chi connectivity index (χ1n) is 11.6. The molecule has 9 aliphatic rings. The maximum atomic E-state index is 13.3. The molecule has 0 radical (unpaired) electrons. The zero-order valence-electron chi connectivity index (χ0n) is 17.6. The van der Waals surface area contributed by atoms with Crippen LogP contribution in [-0.4, -0.2) is 47.7 Å². The van der Waals surface area contributed by atoms with E-state index in [0.717, 1.165) is 25.0 Å². The smallest absolute Gasteiger partial charge is 0.303 e. The van der Waals surface area contributed by atoms with E-state index in [2.05, 4.69) is 25.3 Å². The van der Waals surface area contributed by atoms with Crippen molar-refractivity contribution in [2.45, 2.75) is 77.4 Å². The average molecular weight is 398 g/mol. The number of carbonyl (C=O) groups excluding carboxylic acids is 2. The van der Waals surface area contributed by atoms with Crippen molar-refractivity contribution >= 4 is 11.8 Å². The molecular formula is C24H31NO4. The third kappa shape index (κ3) is 1.47. The van der Waals surface area contributed by atoms with Crippen LogP contribution in [0.3, 0.4) is 0 Å². The minimum absolute atomic E-state index is 0.0477. The number of piperidine rings is 1. The summed E-state index contributed by atoms with van der Waals surface area (Å²) in [6.07, 6.45) is 5.21. The van der Waals surface area contributed by atoms with Crippen molar-refractivity contribution in [3.05, 3.63) is 12.2 Å². The van der Waals surface area contributed by atoms with Crippen LogP contribution in [-0.2, 0) is 19.1 Å². The number of rotatable bonds is 2. The molecule has 5 heteroatoms. The summed E-state index contributed by atoms with van der Waals surface area (Å²) in [5.41, 5.74) is 0.992. The molecule has 9 fully saturated rings. The fourth-order valence-corrected chi connectivity index (χ4v) is 10.6. The van der Waals surface area contributed by atoms with Crippen LogP contribution in [0.2, 0.25) is 0 Å². The van der Waals surface area contributed by atoms with Crippen LogP contribution in [0.1, 0.15) is 52.9 Å². The lowest BCUT2D eigenvalue weighted by Gasteiger charge is -2.73. The lowest BCUT2D eigenvalue weighted by Crippen LogP contribution is -2.78. The molecule has 0 aromatic rings. The van der Waals surface area contributed by atoms with Crippen LogP contribution in [0.25, 0.3) is 0 Å². The van der Waals surface area contributed by atoms with Crippen molar-refractivity contribution in [2.75, 3.05) is 6.54 Å². The molecule has 0 aromatic carbocycles. The Morgan fingerprint density at radius 2 is 2.17 bits per heavy atom. The lowest BCUT2D eigenvalue weighted by atomic mass is 9.41. The highest BCUT2D eigenvalue weighted by molar-refractivity contribution is 5.87. The average Bonchev–Trinajstić information content (AvgIpc) is 3.22. The molecule has 0 N–H and O–H groups in total. The van der Waals surface area contributed by atoms with E-state index < -0.39 is 0 Å². The van der Waals surface area contributed by atoms with Crippen molar-refractivity contribution < 1.29 is 19.1 Å². The number of Topliss-reactive ketones (excluding diaryl/α,β-unsaturated/α-hetero) is 1. The first-order chi connectivity index (χ1) is 13.8. The van der Waals surface area contributed by atoms with Gasteiger partial charge in [-0.2, -0.15) is 0 Å². The SMILES string of the molecule is C=C1C2CC3(C1OC(C)=O)C1CC4C5(C)CCC6OC5N(CC)C1C64C3CC2=O. The highest BCUT2D eigenvalue weighted by Gasteiger charge is 2.89. The molecule has 0 aromatic heterocycles. The summed E-state index contributed by atoms with van der Waals surface area (Å²) >= 11 is 0. The van der Waals surface area contributed by atoms with Crippen molar-refractivity contribution in [3.8, 4) is 0 Å². The van der Waals surface area contributed by atoms with Crippen molar-refractivity contribution in [2.24, 2.45) is 39.9 Å². The quantitative estimate of drug-likeness (QED) is 0.530. The van der Waals surface area contributed by atoms with E-state index in [9.17, 15) is 9.59 Å². The Labute approximate surface area is 172 Å². The van der Waals surface area contributed by atoms with Crippen molar-refractivity contribution in [3.63, 3.8) is 0 Å². The molecule has 0 amide bonds. The molecular weight excluding hydrogens is 366 g/mol. The summed E-state index contributed by atoms with van der Waals surface area (Å²) in [5, 5.41) is 0. The van der Waals surface area contributed by atoms with E-state index in [0.29, 0.717) is 30.1 Å². The van der Waals surface area contributed by atoms with Gasteiger partial charge < -0.3 is 9.47 Å². The van der Waals surface area contributed by atoms with Gasteiger partial charge in [0.25, 0.3) is 0 Å². The summed E-state index contributed by atoms with van der Waals surface area (Å²) in [5.74, 6) is 1.34. The first kappa shape index (κ1) is 17.5. The van der Waals surface area contributed by atoms with E-state index in [1.165, 1.54) is 19.8 Å². The Morgan fingerprint density at radius 1 is 1.38 bits per heavy atom. The molecule has 5 nitrogen and oxygen atoms in total. The van der Waals surface area contributed by atoms with Gasteiger partial charge in [0.05, 0.1) is 6.10 Å². The monoisotopic (exact) mass is 397 g/mol. The van der Waals surface area contributed by atoms with E-state index in [1.807, 2.05) is 0 Å². The second kappa shape index (κ2) is 4.83. The van der Waals surface area contributed by atoms with Gasteiger partial charge in [-0.25, -0.2) is 0 Å². The highest BCUT2D eigenvalue weighted by Crippen LogP contribution is 2.86. The number of esters is 1. The van der Waals surface area contributed by atoms with Gasteiger partial charge >= 0.3 is 5.97 Å². The summed E-state index contributed by atoms with van der Waals surface area (Å²) in [7, 11) is 0. The van der Waals surface area contributed by atoms with Crippen LogP contribution in [0.15, 0.2) is 12.2 Å². The Balaban J connectivity index is 1.48. The molecule has 4 heterocycles. The Hall–Kier alpha value is -1.20. The second-order valence-corrected chi connectivity index (χ2v) is 11.3.